The van der Waals surface area contributed by atoms with E-state index in [1.54, 1.807) is 0 Å². The lowest BCUT2D eigenvalue weighted by atomic mass is 9.98. The van der Waals surface area contributed by atoms with Crippen LogP contribution in [0.1, 0.15) is 6.92 Å². The van der Waals surface area contributed by atoms with E-state index >= 15 is 0 Å². The maximum atomic E-state index is 10.3. The van der Waals surface area contributed by atoms with Gasteiger partial charge in [-0.05, 0) is 6.92 Å². The van der Waals surface area contributed by atoms with Crippen LogP contribution < -0.4 is 0 Å². The Balaban J connectivity index is 1.68. The van der Waals surface area contributed by atoms with Gasteiger partial charge in [0.1, 0.15) is 61.0 Å². The van der Waals surface area contributed by atoms with E-state index in [2.05, 4.69) is 0 Å². The molecule has 0 amide bonds. The van der Waals surface area contributed by atoms with Gasteiger partial charge in [-0.15, -0.1) is 0 Å². The molecule has 0 unspecified atom stereocenters. The Morgan fingerprint density at radius 1 is 0.710 bits per heavy atom. The van der Waals surface area contributed by atoms with E-state index in [4.69, 9.17) is 23.7 Å². The molecule has 182 valence electrons. The third kappa shape index (κ3) is 5.18. The number of hydrogen-bond donors (Lipinski definition) is 9. The zero-order valence-corrected chi connectivity index (χ0v) is 16.6. The third-order valence-corrected chi connectivity index (χ3v) is 5.64. The van der Waals surface area contributed by atoms with Crippen LogP contribution in [0.25, 0.3) is 0 Å². The van der Waals surface area contributed by atoms with Gasteiger partial charge >= 0.3 is 0 Å². The van der Waals surface area contributed by atoms with Gasteiger partial charge in [0.15, 0.2) is 18.9 Å². The summed E-state index contributed by atoms with van der Waals surface area (Å²) in [6, 6.07) is 0. The molecule has 3 rings (SSSR count). The van der Waals surface area contributed by atoms with Crippen molar-refractivity contribution in [2.75, 3.05) is 13.2 Å². The van der Waals surface area contributed by atoms with Gasteiger partial charge in [-0.2, -0.15) is 0 Å². The second kappa shape index (κ2) is 10.1. The molecule has 9 N–H and O–H groups in total. The van der Waals surface area contributed by atoms with E-state index in [0.717, 1.165) is 0 Å². The maximum Gasteiger partial charge on any atom is 0.186 e. The monoisotopic (exact) mass is 458 g/mol. The highest BCUT2D eigenvalue weighted by atomic mass is 16.7. The first-order valence-corrected chi connectivity index (χ1v) is 9.85. The molecule has 3 aliphatic heterocycles. The molecule has 3 saturated heterocycles. The molecule has 3 fully saturated rings. The summed E-state index contributed by atoms with van der Waals surface area (Å²) >= 11 is 0. The topological polar surface area (TPSA) is 228 Å². The fourth-order valence-corrected chi connectivity index (χ4v) is 3.62. The van der Waals surface area contributed by atoms with Crippen LogP contribution in [0.15, 0.2) is 0 Å². The first kappa shape index (κ1) is 25.1. The van der Waals surface area contributed by atoms with Crippen LogP contribution >= 0.6 is 0 Å². The van der Waals surface area contributed by atoms with Crippen LogP contribution in [0.2, 0.25) is 0 Å². The van der Waals surface area contributed by atoms with Gasteiger partial charge in [0, 0.05) is 0 Å². The molecule has 0 radical (unpaired) electrons. The summed E-state index contributed by atoms with van der Waals surface area (Å²) < 4.78 is 26.5. The van der Waals surface area contributed by atoms with E-state index in [9.17, 15) is 46.0 Å². The average molecular weight is 458 g/mol. The lowest BCUT2D eigenvalue weighted by Crippen LogP contribution is -2.63. The van der Waals surface area contributed by atoms with E-state index < -0.39 is 92.6 Å². The summed E-state index contributed by atoms with van der Waals surface area (Å²) in [5.41, 5.74) is 0. The number of ether oxygens (including phenoxy) is 5. The predicted octanol–water partition coefficient (Wildman–Crippen LogP) is -5.91. The fraction of sp³-hybridized carbons (Fsp3) is 1.00. The van der Waals surface area contributed by atoms with E-state index in [1.165, 1.54) is 6.92 Å². The predicted molar refractivity (Wildman–Crippen MR) is 93.8 cm³/mol. The summed E-state index contributed by atoms with van der Waals surface area (Å²) in [5, 5.41) is 89.1. The van der Waals surface area contributed by atoms with Gasteiger partial charge in [-0.1, -0.05) is 0 Å². The van der Waals surface area contributed by atoms with Crippen molar-refractivity contribution >= 4 is 0 Å². The lowest BCUT2D eigenvalue weighted by molar-refractivity contribution is -0.353. The van der Waals surface area contributed by atoms with Crippen molar-refractivity contribution in [3.8, 4) is 0 Å². The van der Waals surface area contributed by atoms with Crippen LogP contribution in [0.3, 0.4) is 0 Å². The minimum Gasteiger partial charge on any atom is -0.388 e. The minimum atomic E-state index is -1.82. The highest BCUT2D eigenvalue weighted by Gasteiger charge is 2.49. The Morgan fingerprint density at radius 2 is 1.35 bits per heavy atom. The first-order chi connectivity index (χ1) is 14.5. The number of hydrogen-bond acceptors (Lipinski definition) is 14. The molecule has 0 saturated carbocycles. The molecule has 0 aromatic carbocycles. The molecule has 0 bridgehead atoms. The number of aliphatic hydroxyl groups is 9. The molecule has 3 heterocycles. The Hall–Kier alpha value is -0.560. The number of aliphatic hydroxyl groups excluding tert-OH is 9. The Labute approximate surface area is 176 Å². The minimum absolute atomic E-state index is 0.376. The van der Waals surface area contributed by atoms with Crippen LogP contribution in [0.5, 0.6) is 0 Å². The zero-order chi connectivity index (χ0) is 23.0. The van der Waals surface area contributed by atoms with Crippen molar-refractivity contribution in [1.82, 2.24) is 0 Å². The van der Waals surface area contributed by atoms with Crippen LogP contribution in [-0.4, -0.2) is 145 Å². The Kier molecular flexibility index (Phi) is 8.21. The van der Waals surface area contributed by atoms with Gasteiger partial charge < -0.3 is 69.6 Å². The van der Waals surface area contributed by atoms with Gasteiger partial charge in [0.05, 0.1) is 19.3 Å². The Bertz CT molecular complexity index is 581. The highest BCUT2D eigenvalue weighted by Crippen LogP contribution is 2.28. The van der Waals surface area contributed by atoms with Crippen molar-refractivity contribution in [3.05, 3.63) is 0 Å². The second-order valence-electron chi connectivity index (χ2n) is 7.91. The SMILES string of the molecule is C[C@@H]1O[C@@H](OC[C@H]2O[C@@H](O)[C@H](O)[C@@H](O)[C@@H]2O[C@@H]2OC[C@H](O)[C@H](O)[C@H]2O)[C@H](O)[C@H](O)[C@H]1O. The average Bonchev–Trinajstić information content (AvgIpc) is 2.74. The molecular formula is C17H30O14. The van der Waals surface area contributed by atoms with Gasteiger partial charge in [0.2, 0.25) is 0 Å². The molecule has 14 heteroatoms. The quantitative estimate of drug-likeness (QED) is 0.187. The zero-order valence-electron chi connectivity index (χ0n) is 16.6. The fourth-order valence-electron chi connectivity index (χ4n) is 3.62. The van der Waals surface area contributed by atoms with Crippen LogP contribution in [0.4, 0.5) is 0 Å². The van der Waals surface area contributed by atoms with Crippen molar-refractivity contribution in [2.45, 2.75) is 92.9 Å². The lowest BCUT2D eigenvalue weighted by Gasteiger charge is -2.45. The molecule has 0 aromatic heterocycles. The second-order valence-corrected chi connectivity index (χ2v) is 7.91. The van der Waals surface area contributed by atoms with Gasteiger partial charge in [0.25, 0.3) is 0 Å². The maximum absolute atomic E-state index is 10.3. The summed E-state index contributed by atoms with van der Waals surface area (Å²) in [7, 11) is 0. The molecule has 14 atom stereocenters. The van der Waals surface area contributed by atoms with Gasteiger partial charge in [-0.25, -0.2) is 0 Å². The van der Waals surface area contributed by atoms with E-state index in [-0.39, 0.29) is 6.61 Å². The molecule has 0 aromatic rings. The Morgan fingerprint density at radius 3 is 2.03 bits per heavy atom. The molecule has 31 heavy (non-hydrogen) atoms. The smallest absolute Gasteiger partial charge is 0.186 e. The first-order valence-electron chi connectivity index (χ1n) is 9.85. The molecular weight excluding hydrogens is 428 g/mol. The normalized spacial score (nSPS) is 54.0. The van der Waals surface area contributed by atoms with Crippen molar-refractivity contribution in [3.63, 3.8) is 0 Å². The van der Waals surface area contributed by atoms with E-state index in [1.807, 2.05) is 0 Å². The summed E-state index contributed by atoms with van der Waals surface area (Å²) in [5.74, 6) is 0. The highest BCUT2D eigenvalue weighted by molar-refractivity contribution is 4.93. The standard InChI is InChI=1S/C17H30O14/c1-4-7(19)9(21)13(25)16(29-4)28-3-6-14(10(22)11(23)15(26)30-6)31-17-12(24)8(20)5(18)2-27-17/h4-26H,2-3H2,1H3/t4-,5-,6+,7-,8-,9+,10+,11+,12+,13+,14+,15+,16+,17-/m0/s1. The van der Waals surface area contributed by atoms with Crippen molar-refractivity contribution in [2.24, 2.45) is 0 Å². The largest absolute Gasteiger partial charge is 0.388 e. The molecule has 0 aliphatic carbocycles. The summed E-state index contributed by atoms with van der Waals surface area (Å²) in [6.45, 7) is 0.584. The van der Waals surface area contributed by atoms with Crippen LogP contribution in [0, 0.1) is 0 Å². The summed E-state index contributed by atoms with van der Waals surface area (Å²) in [4.78, 5) is 0. The molecule has 0 spiro atoms. The summed E-state index contributed by atoms with van der Waals surface area (Å²) in [6.07, 6.45) is -21.0. The van der Waals surface area contributed by atoms with E-state index in [0.29, 0.717) is 0 Å². The third-order valence-electron chi connectivity index (χ3n) is 5.64. The molecule has 3 aliphatic rings. The van der Waals surface area contributed by atoms with Crippen LogP contribution in [-0.2, 0) is 23.7 Å². The van der Waals surface area contributed by atoms with Gasteiger partial charge in [-0.3, -0.25) is 0 Å². The number of rotatable bonds is 5. The molecule has 14 nitrogen and oxygen atoms in total. The van der Waals surface area contributed by atoms with Crippen molar-refractivity contribution < 1.29 is 69.6 Å². The van der Waals surface area contributed by atoms with Crippen molar-refractivity contribution in [1.29, 1.82) is 0 Å².